The van der Waals surface area contributed by atoms with E-state index in [0.29, 0.717) is 10.5 Å². The Labute approximate surface area is 164 Å². The summed E-state index contributed by atoms with van der Waals surface area (Å²) in [4.78, 5) is 28.8. The van der Waals surface area contributed by atoms with Gasteiger partial charge in [0, 0.05) is 5.56 Å². The molecule has 2 N–H and O–H groups in total. The number of carbonyl (C=O) groups excluding carboxylic acids is 1. The van der Waals surface area contributed by atoms with Crippen molar-refractivity contribution in [3.63, 3.8) is 0 Å². The van der Waals surface area contributed by atoms with Crippen molar-refractivity contribution in [3.8, 4) is 10.6 Å². The summed E-state index contributed by atoms with van der Waals surface area (Å²) in [5.41, 5.74) is 8.63. The van der Waals surface area contributed by atoms with Gasteiger partial charge in [-0.2, -0.15) is 14.6 Å². The van der Waals surface area contributed by atoms with Gasteiger partial charge in [0.25, 0.3) is 5.56 Å². The first-order valence-electron chi connectivity index (χ1n) is 8.43. The van der Waals surface area contributed by atoms with Crippen molar-refractivity contribution >= 4 is 34.0 Å². The highest BCUT2D eigenvalue weighted by atomic mass is 32.1. The number of hydrogen-bond acceptors (Lipinski definition) is 7. The second kappa shape index (κ2) is 6.90. The predicted molar refractivity (Wildman–Crippen MR) is 109 cm³/mol. The average molecular weight is 392 g/mol. The number of fused-ring (bicyclic) bond motifs is 1. The summed E-state index contributed by atoms with van der Waals surface area (Å²) in [6, 6.07) is 7.84. The maximum atomic E-state index is 12.5. The smallest absolute Gasteiger partial charge is 0.283 e. The van der Waals surface area contributed by atoms with Crippen molar-refractivity contribution in [1.29, 1.82) is 0 Å². The van der Waals surface area contributed by atoms with E-state index in [4.69, 9.17) is 10.5 Å². The van der Waals surface area contributed by atoms with Crippen LogP contribution in [0.25, 0.3) is 21.6 Å². The molecular weight excluding hydrogens is 376 g/mol. The Morgan fingerprint density at radius 2 is 2.00 bits per heavy atom. The standard InChI is InChI=1S/C20H16N4O3S/c1-11-5-3-4-6-13(11)19-23-24-17(21)14(18(26)22-20(24)28-19)9-12-7-8-15(25)16(10-12)27-2/h3-10H,21H2,1-2H3/b12-9+. The van der Waals surface area contributed by atoms with Crippen LogP contribution in [0, 0.1) is 6.92 Å². The number of allylic oxidation sites excluding steroid dienone is 4. The van der Waals surface area contributed by atoms with Crippen LogP contribution >= 0.6 is 11.3 Å². The van der Waals surface area contributed by atoms with Crippen LogP contribution in [-0.4, -0.2) is 27.5 Å². The Morgan fingerprint density at radius 3 is 2.75 bits per heavy atom. The molecule has 28 heavy (non-hydrogen) atoms. The number of aromatic nitrogens is 3. The fraction of sp³-hybridized carbons (Fsp3) is 0.100. The van der Waals surface area contributed by atoms with Crippen molar-refractivity contribution in [2.24, 2.45) is 0 Å². The summed E-state index contributed by atoms with van der Waals surface area (Å²) in [5.74, 6) is 0.147. The number of methoxy groups -OCH3 is 1. The lowest BCUT2D eigenvalue weighted by Crippen LogP contribution is -2.17. The molecule has 0 spiro atoms. The zero-order chi connectivity index (χ0) is 19.8. The average Bonchev–Trinajstić information content (AvgIpc) is 3.10. The molecule has 3 aromatic rings. The quantitative estimate of drug-likeness (QED) is 0.736. The number of rotatable bonds is 3. The SMILES string of the molecule is COC1=C/C(=C/c2c(N)n3nc(-c4ccccc4C)sc3nc2=O)C=CC1=O. The van der Waals surface area contributed by atoms with Crippen LogP contribution in [0.15, 0.2) is 58.6 Å². The normalized spacial score (nSPS) is 15.3. The van der Waals surface area contributed by atoms with Gasteiger partial charge in [-0.3, -0.25) is 9.59 Å². The summed E-state index contributed by atoms with van der Waals surface area (Å²) in [5, 5.41) is 5.28. The molecule has 0 saturated heterocycles. The number of nitrogens with zero attached hydrogens (tertiary/aromatic N) is 3. The Balaban J connectivity index is 1.86. The fourth-order valence-electron chi connectivity index (χ4n) is 2.88. The van der Waals surface area contributed by atoms with Gasteiger partial charge in [-0.05, 0) is 36.3 Å². The van der Waals surface area contributed by atoms with Crippen LogP contribution in [0.5, 0.6) is 0 Å². The van der Waals surface area contributed by atoms with Crippen LogP contribution in [-0.2, 0) is 9.53 Å². The molecule has 1 aliphatic carbocycles. The zero-order valence-electron chi connectivity index (χ0n) is 15.2. The van der Waals surface area contributed by atoms with Gasteiger partial charge in [0.2, 0.25) is 10.7 Å². The van der Waals surface area contributed by atoms with E-state index in [2.05, 4.69) is 10.1 Å². The number of ether oxygens (including phenoxy) is 1. The molecule has 1 aromatic carbocycles. The molecule has 7 nitrogen and oxygen atoms in total. The molecule has 0 aliphatic heterocycles. The number of hydrogen-bond donors (Lipinski definition) is 1. The second-order valence-electron chi connectivity index (χ2n) is 6.19. The highest BCUT2D eigenvalue weighted by Gasteiger charge is 2.17. The molecule has 0 radical (unpaired) electrons. The minimum absolute atomic E-state index is 0.191. The molecule has 8 heteroatoms. The summed E-state index contributed by atoms with van der Waals surface area (Å²) in [6.45, 7) is 1.99. The van der Waals surface area contributed by atoms with E-state index >= 15 is 0 Å². The van der Waals surface area contributed by atoms with Gasteiger partial charge in [0.1, 0.15) is 10.8 Å². The number of nitrogens with two attached hydrogens (primary N) is 1. The van der Waals surface area contributed by atoms with E-state index < -0.39 is 5.56 Å². The number of carbonyl (C=O) groups is 1. The number of nitrogen functional groups attached to an aromatic ring is 1. The zero-order valence-corrected chi connectivity index (χ0v) is 16.0. The van der Waals surface area contributed by atoms with E-state index in [-0.39, 0.29) is 22.9 Å². The second-order valence-corrected chi connectivity index (χ2v) is 7.14. The number of anilines is 1. The highest BCUT2D eigenvalue weighted by molar-refractivity contribution is 7.19. The third-order valence-corrected chi connectivity index (χ3v) is 5.31. The fourth-order valence-corrected chi connectivity index (χ4v) is 3.87. The molecule has 0 fully saturated rings. The lowest BCUT2D eigenvalue weighted by Gasteiger charge is -2.08. The molecule has 140 valence electrons. The van der Waals surface area contributed by atoms with Gasteiger partial charge in [-0.15, -0.1) is 0 Å². The first-order chi connectivity index (χ1) is 13.5. The van der Waals surface area contributed by atoms with Crippen LogP contribution in [0.2, 0.25) is 0 Å². The summed E-state index contributed by atoms with van der Waals surface area (Å²) in [7, 11) is 1.42. The topological polar surface area (TPSA) is 99.6 Å². The Bertz CT molecular complexity index is 1260. The van der Waals surface area contributed by atoms with Gasteiger partial charge in [0.15, 0.2) is 5.76 Å². The molecule has 4 rings (SSSR count). The van der Waals surface area contributed by atoms with Crippen LogP contribution in [0.4, 0.5) is 5.82 Å². The van der Waals surface area contributed by atoms with Crippen molar-refractivity contribution < 1.29 is 9.53 Å². The van der Waals surface area contributed by atoms with Gasteiger partial charge in [-0.1, -0.05) is 41.7 Å². The third kappa shape index (κ3) is 3.03. The molecule has 2 heterocycles. The van der Waals surface area contributed by atoms with Crippen molar-refractivity contribution in [3.05, 3.63) is 75.3 Å². The van der Waals surface area contributed by atoms with Crippen LogP contribution in [0.3, 0.4) is 0 Å². The number of ketones is 1. The number of aryl methyl sites for hydroxylation is 1. The highest BCUT2D eigenvalue weighted by Crippen LogP contribution is 2.29. The molecule has 0 unspecified atom stereocenters. The molecule has 0 bridgehead atoms. The number of benzene rings is 1. The Kier molecular flexibility index (Phi) is 4.40. The minimum atomic E-state index is -0.456. The van der Waals surface area contributed by atoms with E-state index in [9.17, 15) is 9.59 Å². The van der Waals surface area contributed by atoms with E-state index in [1.165, 1.54) is 29.0 Å². The van der Waals surface area contributed by atoms with Crippen LogP contribution in [0.1, 0.15) is 11.1 Å². The van der Waals surface area contributed by atoms with Gasteiger partial charge in [0.05, 0.1) is 12.7 Å². The third-order valence-electron chi connectivity index (χ3n) is 4.37. The van der Waals surface area contributed by atoms with E-state index in [1.54, 1.807) is 18.2 Å². The Morgan fingerprint density at radius 1 is 1.21 bits per heavy atom. The molecule has 0 saturated carbocycles. The summed E-state index contributed by atoms with van der Waals surface area (Å²) in [6.07, 6.45) is 6.10. The first kappa shape index (κ1) is 17.9. The Hall–Kier alpha value is -3.52. The van der Waals surface area contributed by atoms with Crippen LogP contribution < -0.4 is 11.3 Å². The van der Waals surface area contributed by atoms with Gasteiger partial charge < -0.3 is 10.5 Å². The molecule has 1 aliphatic rings. The molecule has 0 atom stereocenters. The molecule has 2 aromatic heterocycles. The first-order valence-corrected chi connectivity index (χ1v) is 9.24. The van der Waals surface area contributed by atoms with Crippen molar-refractivity contribution in [1.82, 2.24) is 14.6 Å². The summed E-state index contributed by atoms with van der Waals surface area (Å²) >= 11 is 1.30. The van der Waals surface area contributed by atoms with Crippen molar-refractivity contribution in [2.45, 2.75) is 6.92 Å². The lowest BCUT2D eigenvalue weighted by atomic mass is 10.0. The predicted octanol–water partition coefficient (Wildman–Crippen LogP) is 2.76. The molecular formula is C20H16N4O3S. The minimum Gasteiger partial charge on any atom is -0.493 e. The largest absolute Gasteiger partial charge is 0.493 e. The van der Waals surface area contributed by atoms with E-state index in [0.717, 1.165) is 16.1 Å². The van der Waals surface area contributed by atoms with E-state index in [1.807, 2.05) is 31.2 Å². The maximum absolute atomic E-state index is 12.5. The maximum Gasteiger partial charge on any atom is 0.283 e. The molecule has 0 amide bonds. The van der Waals surface area contributed by atoms with Gasteiger partial charge >= 0.3 is 0 Å². The van der Waals surface area contributed by atoms with Crippen molar-refractivity contribution in [2.75, 3.05) is 12.8 Å². The lowest BCUT2D eigenvalue weighted by molar-refractivity contribution is -0.114. The monoisotopic (exact) mass is 392 g/mol. The van der Waals surface area contributed by atoms with Gasteiger partial charge in [-0.25, -0.2) is 0 Å². The summed E-state index contributed by atoms with van der Waals surface area (Å²) < 4.78 is 6.52.